The highest BCUT2D eigenvalue weighted by Gasteiger charge is 2.09. The fraction of sp³-hybridized carbons (Fsp3) is 0.529. The van der Waals surface area contributed by atoms with Gasteiger partial charge in [-0.25, -0.2) is 0 Å². The van der Waals surface area contributed by atoms with E-state index in [0.29, 0.717) is 32.5 Å². The molecule has 114 valence electrons. The Morgan fingerprint density at radius 2 is 2.10 bits per heavy atom. The first-order chi connectivity index (χ1) is 10.3. The molecule has 4 heteroatoms. The van der Waals surface area contributed by atoms with Crippen molar-refractivity contribution < 1.29 is 9.53 Å². The van der Waals surface area contributed by atoms with E-state index in [2.05, 4.69) is 23.5 Å². The monoisotopic (exact) mass is 288 g/mol. The number of hydrogen-bond donors (Lipinski definition) is 1. The van der Waals surface area contributed by atoms with Gasteiger partial charge in [0.15, 0.2) is 0 Å². The normalized spacial score (nSPS) is 11.6. The molecule has 1 atom stereocenters. The second kappa shape index (κ2) is 10.9. The number of carbonyl (C=O) groups is 1. The van der Waals surface area contributed by atoms with Crippen molar-refractivity contribution in [2.75, 3.05) is 13.2 Å². The summed E-state index contributed by atoms with van der Waals surface area (Å²) in [6.45, 7) is 3.24. The summed E-state index contributed by atoms with van der Waals surface area (Å²) in [4.78, 5) is 11.6. The Kier molecular flexibility index (Phi) is 8.90. The molecule has 0 aromatic heterocycles. The molecule has 0 saturated heterocycles. The average Bonchev–Trinajstić information content (AvgIpc) is 2.51. The molecule has 1 aromatic rings. The van der Waals surface area contributed by atoms with E-state index in [-0.39, 0.29) is 11.9 Å². The lowest BCUT2D eigenvalue weighted by Crippen LogP contribution is -2.33. The summed E-state index contributed by atoms with van der Waals surface area (Å²) >= 11 is 0. The summed E-state index contributed by atoms with van der Waals surface area (Å²) in [7, 11) is 0. The quantitative estimate of drug-likeness (QED) is 0.673. The summed E-state index contributed by atoms with van der Waals surface area (Å²) in [5, 5.41) is 11.6. The van der Waals surface area contributed by atoms with Gasteiger partial charge >= 0.3 is 0 Å². The fourth-order valence-electron chi connectivity index (χ4n) is 2.00. The van der Waals surface area contributed by atoms with Crippen molar-refractivity contribution in [2.45, 2.75) is 45.1 Å². The number of hydrogen-bond acceptors (Lipinski definition) is 3. The van der Waals surface area contributed by atoms with Crippen LogP contribution in [0.2, 0.25) is 0 Å². The Hall–Kier alpha value is -1.86. The first kappa shape index (κ1) is 17.2. The molecule has 21 heavy (non-hydrogen) atoms. The number of nitrogens with one attached hydrogen (secondary N) is 1. The summed E-state index contributed by atoms with van der Waals surface area (Å²) in [5.41, 5.74) is 1.26. The minimum Gasteiger partial charge on any atom is -0.381 e. The van der Waals surface area contributed by atoms with Gasteiger partial charge in [0.2, 0.25) is 5.91 Å². The lowest BCUT2D eigenvalue weighted by molar-refractivity contribution is -0.121. The fourth-order valence-corrected chi connectivity index (χ4v) is 2.00. The topological polar surface area (TPSA) is 62.1 Å². The molecule has 0 heterocycles. The maximum Gasteiger partial charge on any atom is 0.221 e. The van der Waals surface area contributed by atoms with Crippen molar-refractivity contribution in [2.24, 2.45) is 0 Å². The van der Waals surface area contributed by atoms with Crippen LogP contribution in [0.25, 0.3) is 0 Å². The van der Waals surface area contributed by atoms with Gasteiger partial charge < -0.3 is 10.1 Å². The number of carbonyl (C=O) groups excluding carboxylic acids is 1. The van der Waals surface area contributed by atoms with Gasteiger partial charge in [-0.1, -0.05) is 43.7 Å². The Morgan fingerprint density at radius 1 is 1.33 bits per heavy atom. The SMILES string of the molecule is CCCC(C#N)NC(=O)CCCOCCc1ccccc1. The van der Waals surface area contributed by atoms with E-state index in [1.165, 1.54) is 5.56 Å². The Bertz CT molecular complexity index is 440. The van der Waals surface area contributed by atoms with Crippen LogP contribution in [0.1, 0.15) is 38.2 Å². The minimum atomic E-state index is -0.360. The van der Waals surface area contributed by atoms with Gasteiger partial charge in [-0.2, -0.15) is 5.26 Å². The van der Waals surface area contributed by atoms with Crippen LogP contribution < -0.4 is 5.32 Å². The van der Waals surface area contributed by atoms with Gasteiger partial charge in [0.25, 0.3) is 0 Å². The Labute approximate surface area is 127 Å². The molecule has 0 aliphatic heterocycles. The zero-order valence-corrected chi connectivity index (χ0v) is 12.7. The molecule has 1 N–H and O–H groups in total. The molecule has 0 saturated carbocycles. The van der Waals surface area contributed by atoms with E-state index in [0.717, 1.165) is 12.8 Å². The molecule has 0 fully saturated rings. The Balaban J connectivity index is 2.03. The van der Waals surface area contributed by atoms with Crippen molar-refractivity contribution in [3.63, 3.8) is 0 Å². The van der Waals surface area contributed by atoms with Crippen molar-refractivity contribution in [1.82, 2.24) is 5.32 Å². The summed E-state index contributed by atoms with van der Waals surface area (Å²) in [5.74, 6) is -0.0679. The van der Waals surface area contributed by atoms with E-state index in [1.807, 2.05) is 25.1 Å². The van der Waals surface area contributed by atoms with Crippen LogP contribution in [0, 0.1) is 11.3 Å². The molecule has 0 aliphatic rings. The molecule has 1 unspecified atom stereocenters. The number of rotatable bonds is 10. The third-order valence-electron chi connectivity index (χ3n) is 3.14. The number of nitrogens with zero attached hydrogens (tertiary/aromatic N) is 1. The van der Waals surface area contributed by atoms with Crippen molar-refractivity contribution >= 4 is 5.91 Å². The lowest BCUT2D eigenvalue weighted by Gasteiger charge is -2.10. The second-order valence-corrected chi connectivity index (χ2v) is 4.99. The van der Waals surface area contributed by atoms with Crippen molar-refractivity contribution in [1.29, 1.82) is 5.26 Å². The molecule has 0 bridgehead atoms. The standard InChI is InChI=1S/C17H24N2O2/c1-2-7-16(14-18)19-17(20)10-6-12-21-13-11-15-8-4-3-5-9-15/h3-5,8-9,16H,2,6-7,10-13H2,1H3,(H,19,20). The predicted octanol–water partition coefficient (Wildman–Crippen LogP) is 2.83. The number of benzene rings is 1. The molecule has 0 aliphatic carbocycles. The molecule has 1 amide bonds. The number of ether oxygens (including phenoxy) is 1. The average molecular weight is 288 g/mol. The molecular weight excluding hydrogens is 264 g/mol. The highest BCUT2D eigenvalue weighted by Crippen LogP contribution is 2.01. The lowest BCUT2D eigenvalue weighted by atomic mass is 10.2. The number of nitriles is 1. The van der Waals surface area contributed by atoms with Gasteiger partial charge in [-0.05, 0) is 24.8 Å². The minimum absolute atomic E-state index is 0.0679. The molecule has 4 nitrogen and oxygen atoms in total. The largest absolute Gasteiger partial charge is 0.381 e. The first-order valence-corrected chi connectivity index (χ1v) is 7.57. The zero-order valence-electron chi connectivity index (χ0n) is 12.7. The van der Waals surface area contributed by atoms with Gasteiger partial charge in [0.1, 0.15) is 6.04 Å². The predicted molar refractivity (Wildman–Crippen MR) is 82.7 cm³/mol. The molecule has 0 radical (unpaired) electrons. The van der Waals surface area contributed by atoms with Crippen molar-refractivity contribution in [3.8, 4) is 6.07 Å². The highest BCUT2D eigenvalue weighted by atomic mass is 16.5. The van der Waals surface area contributed by atoms with E-state index in [4.69, 9.17) is 10.00 Å². The second-order valence-electron chi connectivity index (χ2n) is 4.99. The van der Waals surface area contributed by atoms with Crippen LogP contribution in [-0.4, -0.2) is 25.2 Å². The van der Waals surface area contributed by atoms with Crippen LogP contribution in [0.3, 0.4) is 0 Å². The van der Waals surface area contributed by atoms with Crippen LogP contribution in [0.5, 0.6) is 0 Å². The van der Waals surface area contributed by atoms with Gasteiger partial charge in [0, 0.05) is 13.0 Å². The summed E-state index contributed by atoms with van der Waals surface area (Å²) in [6.07, 6.45) is 3.58. The smallest absolute Gasteiger partial charge is 0.221 e. The molecule has 1 rings (SSSR count). The summed E-state index contributed by atoms with van der Waals surface area (Å²) in [6, 6.07) is 11.9. The molecular formula is C17H24N2O2. The maximum atomic E-state index is 11.6. The van der Waals surface area contributed by atoms with Gasteiger partial charge in [-0.3, -0.25) is 4.79 Å². The van der Waals surface area contributed by atoms with E-state index in [1.54, 1.807) is 0 Å². The van der Waals surface area contributed by atoms with Crippen LogP contribution >= 0.6 is 0 Å². The van der Waals surface area contributed by atoms with Gasteiger partial charge in [-0.15, -0.1) is 0 Å². The third kappa shape index (κ3) is 8.11. The van der Waals surface area contributed by atoms with Crippen LogP contribution in [-0.2, 0) is 16.0 Å². The molecule has 0 spiro atoms. The Morgan fingerprint density at radius 3 is 2.76 bits per heavy atom. The first-order valence-electron chi connectivity index (χ1n) is 7.57. The van der Waals surface area contributed by atoms with Crippen LogP contribution in [0.4, 0.5) is 0 Å². The van der Waals surface area contributed by atoms with E-state index >= 15 is 0 Å². The van der Waals surface area contributed by atoms with Crippen molar-refractivity contribution in [3.05, 3.63) is 35.9 Å². The van der Waals surface area contributed by atoms with Crippen LogP contribution in [0.15, 0.2) is 30.3 Å². The van der Waals surface area contributed by atoms with E-state index < -0.39 is 0 Å². The van der Waals surface area contributed by atoms with E-state index in [9.17, 15) is 4.79 Å². The maximum absolute atomic E-state index is 11.6. The summed E-state index contributed by atoms with van der Waals surface area (Å²) < 4.78 is 5.52. The molecule has 1 aromatic carbocycles. The van der Waals surface area contributed by atoms with Gasteiger partial charge in [0.05, 0.1) is 12.7 Å². The number of amides is 1. The zero-order chi connectivity index (χ0) is 15.3. The third-order valence-corrected chi connectivity index (χ3v) is 3.14. The highest BCUT2D eigenvalue weighted by molar-refractivity contribution is 5.76.